The van der Waals surface area contributed by atoms with Crippen molar-refractivity contribution in [2.45, 2.75) is 25.8 Å². The minimum atomic E-state index is -0.487. The highest BCUT2D eigenvalue weighted by Gasteiger charge is 2.23. The van der Waals surface area contributed by atoms with Gasteiger partial charge in [0.15, 0.2) is 5.78 Å². The Labute approximate surface area is 105 Å². The third-order valence-electron chi connectivity index (χ3n) is 3.00. The molecule has 1 fully saturated rings. The van der Waals surface area contributed by atoms with Gasteiger partial charge in [-0.15, -0.1) is 0 Å². The number of Topliss-reactive ketones (excluding diaryl/α,β-unsaturated/α-hetero) is 1. The van der Waals surface area contributed by atoms with Gasteiger partial charge in [0, 0.05) is 12.1 Å². The molecule has 0 saturated carbocycles. The highest BCUT2D eigenvalue weighted by Crippen LogP contribution is 2.16. The zero-order valence-corrected chi connectivity index (χ0v) is 10.1. The predicted molar refractivity (Wildman–Crippen MR) is 65.8 cm³/mol. The minimum Gasteiger partial charge on any atom is -0.374 e. The van der Waals surface area contributed by atoms with Crippen molar-refractivity contribution < 1.29 is 14.0 Å². The second kappa shape index (κ2) is 5.16. The highest BCUT2D eigenvalue weighted by atomic mass is 19.1. The first-order valence-corrected chi connectivity index (χ1v) is 5.88. The maximum atomic E-state index is 13.4. The number of rotatable bonds is 2. The van der Waals surface area contributed by atoms with E-state index in [2.05, 4.69) is 10.6 Å². The van der Waals surface area contributed by atoms with Gasteiger partial charge in [-0.3, -0.25) is 9.59 Å². The van der Waals surface area contributed by atoms with Crippen molar-refractivity contribution in [2.24, 2.45) is 0 Å². The normalized spacial score (nSPS) is 20.2. The Kier molecular flexibility index (Phi) is 3.60. The molecule has 5 heteroatoms. The maximum Gasteiger partial charge on any atom is 0.242 e. The first kappa shape index (κ1) is 12.5. The van der Waals surface area contributed by atoms with Gasteiger partial charge in [-0.1, -0.05) is 6.07 Å². The Morgan fingerprint density at radius 3 is 2.89 bits per heavy atom. The lowest BCUT2D eigenvalue weighted by Gasteiger charge is -2.16. The number of anilines is 1. The SMILES string of the molecule is Cc1ccc(NC2CCC(=O)CNC2=O)cc1F. The van der Waals surface area contributed by atoms with E-state index in [0.29, 0.717) is 24.1 Å². The molecule has 1 heterocycles. The second-order valence-corrected chi connectivity index (χ2v) is 4.46. The van der Waals surface area contributed by atoms with Gasteiger partial charge in [0.25, 0.3) is 0 Å². The molecule has 1 amide bonds. The van der Waals surface area contributed by atoms with Crippen LogP contribution in [0.3, 0.4) is 0 Å². The molecule has 0 radical (unpaired) electrons. The number of nitrogens with one attached hydrogen (secondary N) is 2. The summed E-state index contributed by atoms with van der Waals surface area (Å²) in [5.74, 6) is -0.519. The van der Waals surface area contributed by atoms with Crippen LogP contribution < -0.4 is 10.6 Å². The van der Waals surface area contributed by atoms with Crippen LogP contribution in [0.4, 0.5) is 10.1 Å². The fourth-order valence-electron chi connectivity index (χ4n) is 1.86. The number of amides is 1. The van der Waals surface area contributed by atoms with Crippen LogP contribution >= 0.6 is 0 Å². The van der Waals surface area contributed by atoms with E-state index in [9.17, 15) is 14.0 Å². The molecular formula is C13H15FN2O2. The number of halogens is 1. The molecule has 1 aliphatic rings. The zero-order valence-electron chi connectivity index (χ0n) is 10.1. The molecule has 96 valence electrons. The molecule has 1 saturated heterocycles. The minimum absolute atomic E-state index is 0.0164. The number of carbonyl (C=O) groups is 2. The van der Waals surface area contributed by atoms with Crippen LogP contribution in [-0.2, 0) is 9.59 Å². The van der Waals surface area contributed by atoms with Gasteiger partial charge in [-0.25, -0.2) is 4.39 Å². The number of benzene rings is 1. The first-order valence-electron chi connectivity index (χ1n) is 5.88. The van der Waals surface area contributed by atoms with Crippen molar-refractivity contribution in [3.8, 4) is 0 Å². The summed E-state index contributed by atoms with van der Waals surface area (Å²) in [6, 6.07) is 4.24. The molecule has 1 aromatic rings. The van der Waals surface area contributed by atoms with E-state index in [1.54, 1.807) is 19.1 Å². The largest absolute Gasteiger partial charge is 0.374 e. The molecule has 4 nitrogen and oxygen atoms in total. The molecule has 0 aliphatic carbocycles. The van der Waals surface area contributed by atoms with Gasteiger partial charge in [-0.05, 0) is 31.0 Å². The molecule has 1 unspecified atom stereocenters. The quantitative estimate of drug-likeness (QED) is 0.834. The molecule has 1 aliphatic heterocycles. The van der Waals surface area contributed by atoms with E-state index in [1.807, 2.05) is 0 Å². The van der Waals surface area contributed by atoms with E-state index in [4.69, 9.17) is 0 Å². The number of aryl methyl sites for hydroxylation is 1. The van der Waals surface area contributed by atoms with E-state index in [0.717, 1.165) is 0 Å². The summed E-state index contributed by atoms with van der Waals surface area (Å²) in [4.78, 5) is 22.9. The van der Waals surface area contributed by atoms with Gasteiger partial charge in [0.2, 0.25) is 5.91 Å². The van der Waals surface area contributed by atoms with Crippen molar-refractivity contribution >= 4 is 17.4 Å². The monoisotopic (exact) mass is 250 g/mol. The van der Waals surface area contributed by atoms with Gasteiger partial charge in [0.1, 0.15) is 11.9 Å². The van der Waals surface area contributed by atoms with E-state index in [1.165, 1.54) is 6.07 Å². The summed E-state index contributed by atoms with van der Waals surface area (Å²) >= 11 is 0. The highest BCUT2D eigenvalue weighted by molar-refractivity contribution is 5.92. The lowest BCUT2D eigenvalue weighted by molar-refractivity contribution is -0.123. The van der Waals surface area contributed by atoms with Crippen molar-refractivity contribution in [1.29, 1.82) is 0 Å². The Morgan fingerprint density at radius 2 is 2.17 bits per heavy atom. The molecule has 1 atom stereocenters. The van der Waals surface area contributed by atoms with Crippen molar-refractivity contribution in [3.63, 3.8) is 0 Å². The fourth-order valence-corrected chi connectivity index (χ4v) is 1.86. The average molecular weight is 250 g/mol. The molecule has 0 aromatic heterocycles. The number of hydrogen-bond acceptors (Lipinski definition) is 3. The molecule has 1 aromatic carbocycles. The lowest BCUT2D eigenvalue weighted by Crippen LogP contribution is -2.38. The number of hydrogen-bond donors (Lipinski definition) is 2. The summed E-state index contributed by atoms with van der Waals surface area (Å²) in [5, 5.41) is 5.50. The van der Waals surface area contributed by atoms with Crippen LogP contribution in [0, 0.1) is 12.7 Å². The molecule has 0 spiro atoms. The Morgan fingerprint density at radius 1 is 1.39 bits per heavy atom. The Hall–Kier alpha value is -1.91. The number of carbonyl (C=O) groups excluding carboxylic acids is 2. The van der Waals surface area contributed by atoms with Crippen LogP contribution in [0.5, 0.6) is 0 Å². The molecule has 2 N–H and O–H groups in total. The lowest BCUT2D eigenvalue weighted by atomic mass is 10.1. The van der Waals surface area contributed by atoms with Crippen molar-refractivity contribution in [3.05, 3.63) is 29.6 Å². The van der Waals surface area contributed by atoms with Crippen molar-refractivity contribution in [2.75, 3.05) is 11.9 Å². The van der Waals surface area contributed by atoms with E-state index in [-0.39, 0.29) is 24.1 Å². The smallest absolute Gasteiger partial charge is 0.242 e. The molecule has 18 heavy (non-hydrogen) atoms. The topological polar surface area (TPSA) is 58.2 Å². The standard InChI is InChI=1S/C13H15FN2O2/c1-8-2-3-9(6-11(8)14)16-12-5-4-10(17)7-15-13(12)18/h2-3,6,12,16H,4-5,7H2,1H3,(H,15,18). The third-order valence-corrected chi connectivity index (χ3v) is 3.00. The average Bonchev–Trinajstić information content (AvgIpc) is 2.49. The van der Waals surface area contributed by atoms with Crippen molar-refractivity contribution in [1.82, 2.24) is 5.32 Å². The van der Waals surface area contributed by atoms with Gasteiger partial charge < -0.3 is 10.6 Å². The maximum absolute atomic E-state index is 13.4. The van der Waals surface area contributed by atoms with Crippen LogP contribution in [0.25, 0.3) is 0 Å². The summed E-state index contributed by atoms with van der Waals surface area (Å²) in [7, 11) is 0. The van der Waals surface area contributed by atoms with Gasteiger partial charge >= 0.3 is 0 Å². The molecule has 0 bridgehead atoms. The summed E-state index contributed by atoms with van der Waals surface area (Å²) in [6.45, 7) is 1.76. The predicted octanol–water partition coefficient (Wildman–Crippen LogP) is 1.39. The van der Waals surface area contributed by atoms with E-state index >= 15 is 0 Å². The molecule has 2 rings (SSSR count). The zero-order chi connectivity index (χ0) is 13.1. The second-order valence-electron chi connectivity index (χ2n) is 4.46. The van der Waals surface area contributed by atoms with Gasteiger partial charge in [-0.2, -0.15) is 0 Å². The first-order chi connectivity index (χ1) is 8.56. The van der Waals surface area contributed by atoms with Crippen LogP contribution in [0.1, 0.15) is 18.4 Å². The van der Waals surface area contributed by atoms with Gasteiger partial charge in [0.05, 0.1) is 6.54 Å². The summed E-state index contributed by atoms with van der Waals surface area (Å²) in [6.07, 6.45) is 0.783. The van der Waals surface area contributed by atoms with Crippen LogP contribution in [-0.4, -0.2) is 24.3 Å². The third kappa shape index (κ3) is 2.85. The van der Waals surface area contributed by atoms with Crippen LogP contribution in [0.2, 0.25) is 0 Å². The number of ketones is 1. The molecular weight excluding hydrogens is 235 g/mol. The Balaban J connectivity index is 2.09. The van der Waals surface area contributed by atoms with E-state index < -0.39 is 6.04 Å². The summed E-state index contributed by atoms with van der Waals surface area (Å²) in [5.41, 5.74) is 1.11. The summed E-state index contributed by atoms with van der Waals surface area (Å²) < 4.78 is 13.4. The fraction of sp³-hybridized carbons (Fsp3) is 0.385. The Bertz CT molecular complexity index is 488. The van der Waals surface area contributed by atoms with Crippen LogP contribution in [0.15, 0.2) is 18.2 Å².